The van der Waals surface area contributed by atoms with Gasteiger partial charge in [-0.25, -0.2) is 9.37 Å². The van der Waals surface area contributed by atoms with Gasteiger partial charge in [0, 0.05) is 35.6 Å². The molecule has 3 heterocycles. The van der Waals surface area contributed by atoms with Gasteiger partial charge in [0.2, 0.25) is 0 Å². The third kappa shape index (κ3) is 5.75. The summed E-state index contributed by atoms with van der Waals surface area (Å²) < 4.78 is 16.7. The molecule has 0 aliphatic heterocycles. The van der Waals surface area contributed by atoms with Crippen LogP contribution in [0.3, 0.4) is 0 Å². The number of carbonyl (C=O) groups excluding carboxylic acids is 1. The molecule has 1 unspecified atom stereocenters. The molecule has 1 saturated carbocycles. The molecule has 4 aromatic rings. The van der Waals surface area contributed by atoms with E-state index in [0.717, 1.165) is 48.4 Å². The van der Waals surface area contributed by atoms with Gasteiger partial charge in [-0.2, -0.15) is 5.10 Å². The van der Waals surface area contributed by atoms with Crippen LogP contribution in [-0.2, 0) is 6.54 Å². The lowest BCUT2D eigenvalue weighted by Crippen LogP contribution is -2.43. The Balaban J connectivity index is 1.38. The lowest BCUT2D eigenvalue weighted by molar-refractivity contribution is 0.100. The quantitative estimate of drug-likeness (QED) is 0.286. The van der Waals surface area contributed by atoms with Crippen LogP contribution in [0.1, 0.15) is 41.6 Å². The molecule has 0 spiro atoms. The molecule has 10 heteroatoms. The van der Waals surface area contributed by atoms with Crippen molar-refractivity contribution < 1.29 is 9.18 Å². The summed E-state index contributed by atoms with van der Waals surface area (Å²) >= 11 is 0. The number of pyridine rings is 2. The number of hydrogen-bond acceptors (Lipinski definition) is 7. The summed E-state index contributed by atoms with van der Waals surface area (Å²) in [4.78, 5) is 20.8. The van der Waals surface area contributed by atoms with Crippen LogP contribution >= 0.6 is 0 Å². The van der Waals surface area contributed by atoms with Crippen LogP contribution in [0.25, 0.3) is 11.1 Å². The maximum absolute atomic E-state index is 14.8. The molecule has 190 valence electrons. The summed E-state index contributed by atoms with van der Waals surface area (Å²) in [7, 11) is 0. The fourth-order valence-electron chi connectivity index (χ4n) is 4.56. The van der Waals surface area contributed by atoms with E-state index in [9.17, 15) is 9.18 Å². The molecule has 1 aliphatic rings. The fourth-order valence-corrected chi connectivity index (χ4v) is 4.56. The van der Waals surface area contributed by atoms with Crippen molar-refractivity contribution in [2.24, 2.45) is 11.5 Å². The molecule has 9 nitrogen and oxygen atoms in total. The van der Waals surface area contributed by atoms with E-state index in [-0.39, 0.29) is 29.3 Å². The van der Waals surface area contributed by atoms with Crippen LogP contribution in [0.5, 0.6) is 0 Å². The van der Waals surface area contributed by atoms with E-state index >= 15 is 0 Å². The minimum Gasteiger partial charge on any atom is -0.365 e. The molecule has 1 aliphatic carbocycles. The van der Waals surface area contributed by atoms with E-state index in [1.165, 1.54) is 0 Å². The summed E-state index contributed by atoms with van der Waals surface area (Å²) in [5.74, 6) is -1.28. The number of carbonyl (C=O) groups is 1. The zero-order valence-electron chi connectivity index (χ0n) is 20.3. The number of primary amides is 1. The van der Waals surface area contributed by atoms with Gasteiger partial charge in [-0.15, -0.1) is 0 Å². The van der Waals surface area contributed by atoms with Crippen LogP contribution in [0, 0.1) is 5.82 Å². The van der Waals surface area contributed by atoms with Crippen molar-refractivity contribution in [2.45, 2.75) is 44.3 Å². The highest BCUT2D eigenvalue weighted by Gasteiger charge is 2.24. The first-order valence-corrected chi connectivity index (χ1v) is 12.3. The van der Waals surface area contributed by atoms with Gasteiger partial charge in [0.1, 0.15) is 5.82 Å². The molecular formula is C27H29FN8O. The third-order valence-corrected chi connectivity index (χ3v) is 6.54. The van der Waals surface area contributed by atoms with Gasteiger partial charge in [-0.3, -0.25) is 14.5 Å². The Hall–Kier alpha value is -4.31. The van der Waals surface area contributed by atoms with E-state index in [2.05, 4.69) is 25.7 Å². The average molecular weight is 501 g/mol. The predicted molar refractivity (Wildman–Crippen MR) is 141 cm³/mol. The van der Waals surface area contributed by atoms with Gasteiger partial charge >= 0.3 is 0 Å². The molecule has 1 aromatic carbocycles. The minimum absolute atomic E-state index is 0.0288. The highest BCUT2D eigenvalue weighted by Crippen LogP contribution is 2.28. The van der Waals surface area contributed by atoms with Gasteiger partial charge in [0.05, 0.1) is 30.2 Å². The number of benzene rings is 1. The molecule has 6 N–H and O–H groups in total. The number of nitrogens with two attached hydrogens (primary N) is 2. The number of nitrogens with one attached hydrogen (secondary N) is 2. The molecule has 1 fully saturated rings. The molecule has 0 saturated heterocycles. The van der Waals surface area contributed by atoms with E-state index in [1.54, 1.807) is 18.6 Å². The Labute approximate surface area is 214 Å². The first-order chi connectivity index (χ1) is 18.0. The van der Waals surface area contributed by atoms with Gasteiger partial charge in [0.15, 0.2) is 11.6 Å². The first kappa shape index (κ1) is 24.4. The van der Waals surface area contributed by atoms with Crippen molar-refractivity contribution in [1.82, 2.24) is 19.7 Å². The first-order valence-electron chi connectivity index (χ1n) is 12.3. The van der Waals surface area contributed by atoms with Gasteiger partial charge in [0.25, 0.3) is 5.91 Å². The van der Waals surface area contributed by atoms with Gasteiger partial charge in [-0.05, 0) is 30.5 Å². The van der Waals surface area contributed by atoms with E-state index in [0.29, 0.717) is 12.2 Å². The average Bonchev–Trinajstić information content (AvgIpc) is 3.36. The van der Waals surface area contributed by atoms with E-state index in [4.69, 9.17) is 11.5 Å². The predicted octanol–water partition coefficient (Wildman–Crippen LogP) is 4.05. The van der Waals surface area contributed by atoms with Crippen LogP contribution < -0.4 is 22.1 Å². The number of halogens is 1. The molecule has 0 radical (unpaired) electrons. The van der Waals surface area contributed by atoms with Crippen LogP contribution in [0.15, 0.2) is 67.3 Å². The monoisotopic (exact) mass is 500 g/mol. The summed E-state index contributed by atoms with van der Waals surface area (Å²) in [5.41, 5.74) is 15.1. The zero-order valence-corrected chi connectivity index (χ0v) is 20.3. The van der Waals surface area contributed by atoms with Gasteiger partial charge in [-0.1, -0.05) is 43.2 Å². The highest BCUT2D eigenvalue weighted by atomic mass is 19.1. The molecule has 3 aromatic heterocycles. The largest absolute Gasteiger partial charge is 0.365 e. The second-order valence-electron chi connectivity index (χ2n) is 9.28. The minimum atomic E-state index is -0.791. The second kappa shape index (κ2) is 10.8. The Morgan fingerprint density at radius 3 is 2.65 bits per heavy atom. The lowest BCUT2D eigenvalue weighted by atomic mass is 9.91. The molecule has 5 rings (SSSR count). The number of nitrogens with zero attached hydrogens (tertiary/aromatic N) is 4. The lowest BCUT2D eigenvalue weighted by Gasteiger charge is -2.30. The smallest absolute Gasteiger partial charge is 0.252 e. The normalized spacial score (nSPS) is 17.4. The van der Waals surface area contributed by atoms with Crippen molar-refractivity contribution in [3.05, 3.63) is 84.2 Å². The van der Waals surface area contributed by atoms with E-state index < -0.39 is 11.7 Å². The molecule has 0 bridgehead atoms. The van der Waals surface area contributed by atoms with Crippen LogP contribution in [0.2, 0.25) is 0 Å². The Kier molecular flexibility index (Phi) is 7.09. The standard InChI is InChI=1S/C27H29FN8O/c28-22-11-21(25(30)37)26(35-27(22)34-24-9-5-4-8-23(24)29)33-20-10-18(12-31-14-20)19-13-32-36(16-19)15-17-6-2-1-3-7-17/h1-3,6-7,10-14,16,23-24H,4-5,8-9,15,29H2,(H2,30,37)(H2,33,34,35)/t23-,24?/m0/s1. The molecule has 37 heavy (non-hydrogen) atoms. The maximum atomic E-state index is 14.8. The fraction of sp³-hybridized carbons (Fsp3) is 0.259. The number of aromatic nitrogens is 4. The number of amides is 1. The Morgan fingerprint density at radius 2 is 1.86 bits per heavy atom. The Bertz CT molecular complexity index is 1390. The highest BCUT2D eigenvalue weighted by molar-refractivity contribution is 5.98. The zero-order chi connectivity index (χ0) is 25.8. The number of anilines is 3. The van der Waals surface area contributed by atoms with Crippen molar-refractivity contribution in [2.75, 3.05) is 10.6 Å². The van der Waals surface area contributed by atoms with E-state index in [1.807, 2.05) is 47.3 Å². The SMILES string of the molecule is NC(=O)c1cc(F)c(NC2CCCC[C@@H]2N)nc1Nc1cncc(-c2cnn(Cc3ccccc3)c2)c1. The van der Waals surface area contributed by atoms with Crippen molar-refractivity contribution in [3.63, 3.8) is 0 Å². The van der Waals surface area contributed by atoms with Crippen molar-refractivity contribution >= 4 is 23.2 Å². The summed E-state index contributed by atoms with van der Waals surface area (Å²) in [6.07, 6.45) is 10.8. The second-order valence-corrected chi connectivity index (χ2v) is 9.28. The number of hydrogen-bond donors (Lipinski definition) is 4. The van der Waals surface area contributed by atoms with Gasteiger partial charge < -0.3 is 22.1 Å². The summed E-state index contributed by atoms with van der Waals surface area (Å²) in [6.45, 7) is 0.647. The summed E-state index contributed by atoms with van der Waals surface area (Å²) in [6, 6.07) is 12.8. The summed E-state index contributed by atoms with van der Waals surface area (Å²) in [5, 5.41) is 10.7. The maximum Gasteiger partial charge on any atom is 0.252 e. The topological polar surface area (TPSA) is 137 Å². The van der Waals surface area contributed by atoms with Crippen molar-refractivity contribution in [3.8, 4) is 11.1 Å². The molecular weight excluding hydrogens is 471 g/mol. The van der Waals surface area contributed by atoms with Crippen molar-refractivity contribution in [1.29, 1.82) is 0 Å². The third-order valence-electron chi connectivity index (χ3n) is 6.54. The molecule has 2 atom stereocenters. The Morgan fingerprint density at radius 1 is 1.05 bits per heavy atom. The molecule has 1 amide bonds. The number of rotatable bonds is 8. The van der Waals surface area contributed by atoms with Crippen LogP contribution in [-0.4, -0.2) is 37.7 Å². The van der Waals surface area contributed by atoms with Crippen LogP contribution in [0.4, 0.5) is 21.7 Å².